The van der Waals surface area contributed by atoms with E-state index in [1.54, 1.807) is 10.4 Å². The molecule has 0 aliphatic carbocycles. The van der Waals surface area contributed by atoms with E-state index in [0.29, 0.717) is 24.5 Å². The molecular formula is C14H23N3O2S. The lowest BCUT2D eigenvalue weighted by atomic mass is 10.1. The minimum absolute atomic E-state index is 0.233. The van der Waals surface area contributed by atoms with E-state index in [0.717, 1.165) is 17.7 Å². The van der Waals surface area contributed by atoms with E-state index < -0.39 is 10.0 Å². The lowest BCUT2D eigenvalue weighted by molar-refractivity contribution is 0.159. The Bertz CT molecular complexity index is 586. The van der Waals surface area contributed by atoms with E-state index in [2.05, 4.69) is 4.90 Å². The van der Waals surface area contributed by atoms with Crippen LogP contribution in [-0.4, -0.2) is 50.3 Å². The third-order valence-electron chi connectivity index (χ3n) is 4.03. The molecular weight excluding hydrogens is 274 g/mol. The summed E-state index contributed by atoms with van der Waals surface area (Å²) in [6.45, 7) is 6.05. The van der Waals surface area contributed by atoms with Crippen LogP contribution in [-0.2, 0) is 16.6 Å². The van der Waals surface area contributed by atoms with Crippen molar-refractivity contribution in [2.45, 2.75) is 31.3 Å². The van der Waals surface area contributed by atoms with Gasteiger partial charge in [0.15, 0.2) is 0 Å². The maximum atomic E-state index is 12.8. The highest BCUT2D eigenvalue weighted by Gasteiger charge is 2.31. The third-order valence-corrected chi connectivity index (χ3v) is 6.04. The van der Waals surface area contributed by atoms with Crippen LogP contribution >= 0.6 is 0 Å². The Morgan fingerprint density at radius 3 is 2.65 bits per heavy atom. The van der Waals surface area contributed by atoms with Crippen LogP contribution in [0.15, 0.2) is 23.1 Å². The molecule has 1 heterocycles. The van der Waals surface area contributed by atoms with Gasteiger partial charge in [0.2, 0.25) is 10.0 Å². The summed E-state index contributed by atoms with van der Waals surface area (Å²) < 4.78 is 27.2. The van der Waals surface area contributed by atoms with Crippen molar-refractivity contribution in [3.8, 4) is 0 Å². The standard InChI is InChI=1S/C14H23N3O2S/c1-11-4-5-13(9-15)8-14(11)20(18,19)17-7-6-16(3)12(2)10-17/h4-5,8,12H,6-7,9-10,15H2,1-3H3. The van der Waals surface area contributed by atoms with Gasteiger partial charge in [-0.15, -0.1) is 0 Å². The summed E-state index contributed by atoms with van der Waals surface area (Å²) in [6, 6.07) is 5.64. The highest BCUT2D eigenvalue weighted by molar-refractivity contribution is 7.89. The Hall–Kier alpha value is -0.950. The predicted octanol–water partition coefficient (Wildman–Crippen LogP) is 0.778. The van der Waals surface area contributed by atoms with Gasteiger partial charge in [0.1, 0.15) is 0 Å². The summed E-state index contributed by atoms with van der Waals surface area (Å²) in [6.07, 6.45) is 0. The van der Waals surface area contributed by atoms with Gasteiger partial charge in [0.25, 0.3) is 0 Å². The third kappa shape index (κ3) is 2.88. The molecule has 0 amide bonds. The highest BCUT2D eigenvalue weighted by Crippen LogP contribution is 2.23. The van der Waals surface area contributed by atoms with Crippen molar-refractivity contribution in [1.29, 1.82) is 0 Å². The van der Waals surface area contributed by atoms with E-state index in [-0.39, 0.29) is 6.04 Å². The molecule has 2 N–H and O–H groups in total. The first kappa shape index (κ1) is 15.4. The number of piperazine rings is 1. The number of benzene rings is 1. The molecule has 0 bridgehead atoms. The second-order valence-electron chi connectivity index (χ2n) is 5.50. The van der Waals surface area contributed by atoms with Gasteiger partial charge in [-0.1, -0.05) is 12.1 Å². The minimum Gasteiger partial charge on any atom is -0.326 e. The van der Waals surface area contributed by atoms with Gasteiger partial charge in [-0.3, -0.25) is 0 Å². The van der Waals surface area contributed by atoms with Crippen molar-refractivity contribution in [2.24, 2.45) is 5.73 Å². The normalized spacial score (nSPS) is 22.1. The molecule has 20 heavy (non-hydrogen) atoms. The predicted molar refractivity (Wildman–Crippen MR) is 79.9 cm³/mol. The Morgan fingerprint density at radius 2 is 2.05 bits per heavy atom. The summed E-state index contributed by atoms with van der Waals surface area (Å²) in [5, 5.41) is 0. The van der Waals surface area contributed by atoms with Crippen LogP contribution < -0.4 is 5.73 Å². The molecule has 0 spiro atoms. The molecule has 0 saturated carbocycles. The fraction of sp³-hybridized carbons (Fsp3) is 0.571. The average Bonchev–Trinajstić information content (AvgIpc) is 2.42. The molecule has 1 unspecified atom stereocenters. The second-order valence-corrected chi connectivity index (χ2v) is 7.40. The summed E-state index contributed by atoms with van der Waals surface area (Å²) in [5.74, 6) is 0. The number of hydrogen-bond acceptors (Lipinski definition) is 4. The number of rotatable bonds is 3. The molecule has 0 aromatic heterocycles. The van der Waals surface area contributed by atoms with Crippen molar-refractivity contribution in [2.75, 3.05) is 26.7 Å². The summed E-state index contributed by atoms with van der Waals surface area (Å²) in [4.78, 5) is 2.56. The smallest absolute Gasteiger partial charge is 0.243 e. The molecule has 1 aliphatic rings. The van der Waals surface area contributed by atoms with Crippen LogP contribution in [0.1, 0.15) is 18.1 Å². The molecule has 0 radical (unpaired) electrons. The maximum absolute atomic E-state index is 12.8. The average molecular weight is 297 g/mol. The van der Waals surface area contributed by atoms with Gasteiger partial charge in [-0.05, 0) is 38.1 Å². The Kier molecular flexibility index (Phi) is 4.49. The number of nitrogens with two attached hydrogens (primary N) is 1. The van der Waals surface area contributed by atoms with E-state index in [1.807, 2.05) is 33.0 Å². The van der Waals surface area contributed by atoms with Gasteiger partial charge < -0.3 is 10.6 Å². The number of likely N-dealkylation sites (N-methyl/N-ethyl adjacent to an activating group) is 1. The molecule has 1 aromatic rings. The fourth-order valence-corrected chi connectivity index (χ4v) is 4.21. The molecule has 2 rings (SSSR count). The lowest BCUT2D eigenvalue weighted by Crippen LogP contribution is -2.51. The number of hydrogen-bond donors (Lipinski definition) is 1. The van der Waals surface area contributed by atoms with Crippen molar-refractivity contribution in [3.05, 3.63) is 29.3 Å². The second kappa shape index (κ2) is 5.81. The topological polar surface area (TPSA) is 66.6 Å². The molecule has 112 valence electrons. The van der Waals surface area contributed by atoms with Crippen LogP contribution in [0.25, 0.3) is 0 Å². The Morgan fingerprint density at radius 1 is 1.35 bits per heavy atom. The Balaban J connectivity index is 2.35. The maximum Gasteiger partial charge on any atom is 0.243 e. The molecule has 1 atom stereocenters. The fourth-order valence-electron chi connectivity index (χ4n) is 2.42. The van der Waals surface area contributed by atoms with Crippen LogP contribution in [0.5, 0.6) is 0 Å². The monoisotopic (exact) mass is 297 g/mol. The van der Waals surface area contributed by atoms with Crippen LogP contribution in [0.3, 0.4) is 0 Å². The summed E-state index contributed by atoms with van der Waals surface area (Å²) in [5.41, 5.74) is 7.23. The van der Waals surface area contributed by atoms with E-state index in [9.17, 15) is 8.42 Å². The Labute approximate surface area is 121 Å². The van der Waals surface area contributed by atoms with E-state index >= 15 is 0 Å². The number of nitrogens with zero attached hydrogens (tertiary/aromatic N) is 2. The zero-order chi connectivity index (χ0) is 14.9. The quantitative estimate of drug-likeness (QED) is 0.895. The van der Waals surface area contributed by atoms with Crippen LogP contribution in [0.4, 0.5) is 0 Å². The minimum atomic E-state index is -3.43. The van der Waals surface area contributed by atoms with E-state index in [1.165, 1.54) is 0 Å². The van der Waals surface area contributed by atoms with Gasteiger partial charge in [-0.25, -0.2) is 8.42 Å². The van der Waals surface area contributed by atoms with Gasteiger partial charge in [0.05, 0.1) is 4.90 Å². The van der Waals surface area contributed by atoms with Crippen LogP contribution in [0, 0.1) is 6.92 Å². The van der Waals surface area contributed by atoms with Gasteiger partial charge >= 0.3 is 0 Å². The highest BCUT2D eigenvalue weighted by atomic mass is 32.2. The lowest BCUT2D eigenvalue weighted by Gasteiger charge is -2.37. The summed E-state index contributed by atoms with van der Waals surface area (Å²) >= 11 is 0. The first-order valence-corrected chi connectivity index (χ1v) is 8.30. The first-order chi connectivity index (χ1) is 9.36. The zero-order valence-electron chi connectivity index (χ0n) is 12.3. The van der Waals surface area contributed by atoms with Crippen molar-refractivity contribution < 1.29 is 8.42 Å². The van der Waals surface area contributed by atoms with E-state index in [4.69, 9.17) is 5.73 Å². The number of aryl methyl sites for hydroxylation is 1. The van der Waals surface area contributed by atoms with Crippen molar-refractivity contribution in [3.63, 3.8) is 0 Å². The molecule has 1 fully saturated rings. The van der Waals surface area contributed by atoms with Crippen molar-refractivity contribution >= 4 is 10.0 Å². The largest absolute Gasteiger partial charge is 0.326 e. The van der Waals surface area contributed by atoms with Crippen LogP contribution in [0.2, 0.25) is 0 Å². The molecule has 6 heteroatoms. The first-order valence-electron chi connectivity index (χ1n) is 6.86. The molecule has 5 nitrogen and oxygen atoms in total. The molecule has 1 aliphatic heterocycles. The molecule has 1 aromatic carbocycles. The van der Waals surface area contributed by atoms with Gasteiger partial charge in [-0.2, -0.15) is 4.31 Å². The zero-order valence-corrected chi connectivity index (χ0v) is 13.2. The van der Waals surface area contributed by atoms with Gasteiger partial charge in [0, 0.05) is 32.2 Å². The summed E-state index contributed by atoms with van der Waals surface area (Å²) in [7, 11) is -1.41. The SMILES string of the molecule is Cc1ccc(CN)cc1S(=O)(=O)N1CCN(C)C(C)C1. The molecule has 1 saturated heterocycles. The number of sulfonamides is 1. The van der Waals surface area contributed by atoms with Crippen molar-refractivity contribution in [1.82, 2.24) is 9.21 Å².